The van der Waals surface area contributed by atoms with Crippen molar-refractivity contribution >= 4 is 0 Å². The van der Waals surface area contributed by atoms with Crippen LogP contribution in [0.25, 0.3) is 78.7 Å². The average Bonchev–Trinajstić information content (AvgIpc) is 3.58. The maximum absolute atomic E-state index is 5.10. The van der Waals surface area contributed by atoms with Crippen molar-refractivity contribution in [2.24, 2.45) is 0 Å². The number of aromatic nitrogens is 3. The van der Waals surface area contributed by atoms with Crippen LogP contribution in [0, 0.1) is 0 Å². The average molecular weight is 642 g/mol. The highest BCUT2D eigenvalue weighted by atomic mass is 15.0. The van der Waals surface area contributed by atoms with Crippen molar-refractivity contribution in [1.29, 1.82) is 0 Å². The van der Waals surface area contributed by atoms with E-state index in [9.17, 15) is 0 Å². The molecule has 8 aromatic rings. The maximum Gasteiger partial charge on any atom is 0.164 e. The fourth-order valence-electron chi connectivity index (χ4n) is 7.04. The topological polar surface area (TPSA) is 38.7 Å². The molecular weight excluding hydrogens is 607 g/mol. The molecule has 0 spiro atoms. The molecule has 0 atom stereocenters. The van der Waals surface area contributed by atoms with Crippen molar-refractivity contribution in [3.05, 3.63) is 187 Å². The predicted molar refractivity (Wildman–Crippen MR) is 207 cm³/mol. The van der Waals surface area contributed by atoms with E-state index in [0.717, 1.165) is 39.8 Å². The van der Waals surface area contributed by atoms with Crippen LogP contribution in [-0.4, -0.2) is 15.0 Å². The van der Waals surface area contributed by atoms with Gasteiger partial charge in [0, 0.05) is 16.7 Å². The van der Waals surface area contributed by atoms with Gasteiger partial charge in [0.25, 0.3) is 0 Å². The lowest BCUT2D eigenvalue weighted by molar-refractivity contribution is 1.07. The first kappa shape index (κ1) is 30.9. The molecule has 3 nitrogen and oxygen atoms in total. The van der Waals surface area contributed by atoms with Gasteiger partial charge in [-0.1, -0.05) is 171 Å². The summed E-state index contributed by atoms with van der Waals surface area (Å²) in [5.74, 6) is 1.95. The summed E-state index contributed by atoms with van der Waals surface area (Å²) < 4.78 is 0. The molecule has 1 aromatic heterocycles. The molecule has 50 heavy (non-hydrogen) atoms. The molecule has 0 amide bonds. The van der Waals surface area contributed by atoms with Gasteiger partial charge in [0.2, 0.25) is 0 Å². The Morgan fingerprint density at radius 3 is 1.20 bits per heavy atom. The van der Waals surface area contributed by atoms with Crippen LogP contribution in [-0.2, 0) is 6.42 Å². The number of rotatable bonds is 6. The summed E-state index contributed by atoms with van der Waals surface area (Å²) >= 11 is 0. The Kier molecular flexibility index (Phi) is 8.16. The van der Waals surface area contributed by atoms with E-state index in [4.69, 9.17) is 15.0 Å². The van der Waals surface area contributed by atoms with Gasteiger partial charge in [0.05, 0.1) is 0 Å². The SMILES string of the molecule is C.c1ccc(-c2cccc(-c3nc(-c4ccccc4)nc(-c4cccc(-c5cccc6c5Cc5c(-c7ccccc7)cccc5-6)c4)n3)c2)cc1. The van der Waals surface area contributed by atoms with Crippen LogP contribution >= 0.6 is 0 Å². The highest BCUT2D eigenvalue weighted by Crippen LogP contribution is 2.45. The Morgan fingerprint density at radius 1 is 0.280 bits per heavy atom. The molecule has 7 aromatic carbocycles. The second kappa shape index (κ2) is 13.2. The van der Waals surface area contributed by atoms with E-state index in [0.29, 0.717) is 17.5 Å². The molecule has 1 heterocycles. The molecule has 0 saturated carbocycles. The lowest BCUT2D eigenvalue weighted by Crippen LogP contribution is -2.00. The summed E-state index contributed by atoms with van der Waals surface area (Å²) in [6.45, 7) is 0. The van der Waals surface area contributed by atoms with Gasteiger partial charge < -0.3 is 0 Å². The van der Waals surface area contributed by atoms with Gasteiger partial charge in [-0.3, -0.25) is 0 Å². The Balaban J connectivity index is 0.00000361. The van der Waals surface area contributed by atoms with Crippen molar-refractivity contribution in [2.45, 2.75) is 13.8 Å². The van der Waals surface area contributed by atoms with E-state index < -0.39 is 0 Å². The van der Waals surface area contributed by atoms with Crippen LogP contribution in [0.2, 0.25) is 0 Å². The van der Waals surface area contributed by atoms with Crippen molar-refractivity contribution < 1.29 is 0 Å². The number of benzene rings is 7. The quantitative estimate of drug-likeness (QED) is 0.181. The van der Waals surface area contributed by atoms with Crippen molar-refractivity contribution in [1.82, 2.24) is 15.0 Å². The van der Waals surface area contributed by atoms with Crippen LogP contribution in [0.1, 0.15) is 18.6 Å². The number of fused-ring (bicyclic) bond motifs is 3. The normalized spacial score (nSPS) is 11.4. The molecule has 0 saturated heterocycles. The molecule has 9 rings (SSSR count). The van der Waals surface area contributed by atoms with Crippen molar-refractivity contribution in [3.8, 4) is 78.7 Å². The lowest BCUT2D eigenvalue weighted by Gasteiger charge is -2.12. The molecule has 1 aliphatic rings. The Morgan fingerprint density at radius 2 is 0.640 bits per heavy atom. The second-order valence-electron chi connectivity index (χ2n) is 12.4. The third kappa shape index (κ3) is 5.69. The van der Waals surface area contributed by atoms with Crippen LogP contribution in [0.5, 0.6) is 0 Å². The number of hydrogen-bond donors (Lipinski definition) is 0. The van der Waals surface area contributed by atoms with Crippen molar-refractivity contribution in [3.63, 3.8) is 0 Å². The van der Waals surface area contributed by atoms with Crippen LogP contribution < -0.4 is 0 Å². The lowest BCUT2D eigenvalue weighted by atomic mass is 9.94. The molecule has 0 unspecified atom stereocenters. The third-order valence-electron chi connectivity index (χ3n) is 9.41. The van der Waals surface area contributed by atoms with Crippen LogP contribution in [0.15, 0.2) is 176 Å². The maximum atomic E-state index is 5.10. The third-order valence-corrected chi connectivity index (χ3v) is 9.41. The molecule has 0 bridgehead atoms. The zero-order valence-corrected chi connectivity index (χ0v) is 26.8. The molecule has 0 N–H and O–H groups in total. The summed E-state index contributed by atoms with van der Waals surface area (Å²) in [4.78, 5) is 15.1. The summed E-state index contributed by atoms with van der Waals surface area (Å²) in [5, 5.41) is 0. The van der Waals surface area contributed by atoms with Gasteiger partial charge in [0.1, 0.15) is 0 Å². The zero-order valence-electron chi connectivity index (χ0n) is 26.8. The van der Waals surface area contributed by atoms with Crippen LogP contribution in [0.3, 0.4) is 0 Å². The molecule has 1 aliphatic carbocycles. The highest BCUT2D eigenvalue weighted by Gasteiger charge is 2.24. The predicted octanol–water partition coefficient (Wildman–Crippen LogP) is 12.1. The molecule has 0 radical (unpaired) electrons. The van der Waals surface area contributed by atoms with Gasteiger partial charge in [-0.05, 0) is 74.2 Å². The van der Waals surface area contributed by atoms with Gasteiger partial charge in [-0.15, -0.1) is 0 Å². The fourth-order valence-corrected chi connectivity index (χ4v) is 7.04. The summed E-state index contributed by atoms with van der Waals surface area (Å²) in [6, 6.07) is 61.7. The number of nitrogens with zero attached hydrogens (tertiary/aromatic N) is 3. The molecule has 0 aliphatic heterocycles. The van der Waals surface area contributed by atoms with E-state index >= 15 is 0 Å². The van der Waals surface area contributed by atoms with Gasteiger partial charge in [-0.2, -0.15) is 0 Å². The first-order valence-corrected chi connectivity index (χ1v) is 16.7. The van der Waals surface area contributed by atoms with E-state index in [2.05, 4.69) is 140 Å². The first-order chi connectivity index (χ1) is 24.3. The fraction of sp³-hybridized carbons (Fsp3) is 0.0426. The minimum absolute atomic E-state index is 0. The molecule has 3 heteroatoms. The highest BCUT2D eigenvalue weighted by molar-refractivity contribution is 5.90. The van der Waals surface area contributed by atoms with E-state index in [1.165, 1.54) is 38.9 Å². The van der Waals surface area contributed by atoms with Gasteiger partial charge in [-0.25, -0.2) is 15.0 Å². The summed E-state index contributed by atoms with van der Waals surface area (Å²) in [7, 11) is 0. The van der Waals surface area contributed by atoms with Crippen molar-refractivity contribution in [2.75, 3.05) is 0 Å². The first-order valence-electron chi connectivity index (χ1n) is 16.7. The summed E-state index contributed by atoms with van der Waals surface area (Å²) in [5.41, 5.74) is 15.5. The van der Waals surface area contributed by atoms with E-state index in [1.54, 1.807) is 0 Å². The molecular formula is C47H35N3. The smallest absolute Gasteiger partial charge is 0.164 e. The monoisotopic (exact) mass is 641 g/mol. The molecule has 238 valence electrons. The minimum atomic E-state index is 0. The van der Waals surface area contributed by atoms with E-state index in [1.807, 2.05) is 36.4 Å². The Labute approximate surface area is 293 Å². The zero-order chi connectivity index (χ0) is 32.6. The van der Waals surface area contributed by atoms with Gasteiger partial charge >= 0.3 is 0 Å². The molecule has 0 fully saturated rings. The minimum Gasteiger partial charge on any atom is -0.208 e. The van der Waals surface area contributed by atoms with Crippen LogP contribution in [0.4, 0.5) is 0 Å². The Bertz CT molecular complexity index is 2450. The number of hydrogen-bond acceptors (Lipinski definition) is 3. The standard InChI is InChI=1S/C46H31N3.CH4/c1-4-14-31(15-5-1)34-20-10-22-36(28-34)45-47-44(33-18-8-3-9-19-33)48-46(49-45)37-23-11-21-35(29-37)39-25-13-27-41-40-26-12-24-38(42(40)30-43(39)41)32-16-6-2-7-17-32;/h1-29H,30H2;1H4. The Hall–Kier alpha value is -6.45. The largest absolute Gasteiger partial charge is 0.208 e. The summed E-state index contributed by atoms with van der Waals surface area (Å²) in [6.07, 6.45) is 0.891. The van der Waals surface area contributed by atoms with E-state index in [-0.39, 0.29) is 7.43 Å². The van der Waals surface area contributed by atoms with Gasteiger partial charge in [0.15, 0.2) is 17.5 Å². The second-order valence-corrected chi connectivity index (χ2v) is 12.4.